The molecule has 0 saturated carbocycles. The first kappa shape index (κ1) is 12.7. The van der Waals surface area contributed by atoms with E-state index >= 15 is 0 Å². The first-order valence-electron chi connectivity index (χ1n) is 6.68. The molecule has 0 N–H and O–H groups in total. The maximum absolute atomic E-state index is 11.9. The van der Waals surface area contributed by atoms with Crippen LogP contribution in [0.25, 0.3) is 0 Å². The summed E-state index contributed by atoms with van der Waals surface area (Å²) in [6.45, 7) is 5.95. The zero-order valence-corrected chi connectivity index (χ0v) is 11.4. The first-order valence-corrected chi connectivity index (χ1v) is 6.68. The summed E-state index contributed by atoms with van der Waals surface area (Å²) in [5.41, 5.74) is 3.79. The van der Waals surface area contributed by atoms with Gasteiger partial charge in [0.2, 0.25) is 0 Å². The Morgan fingerprint density at radius 1 is 0.950 bits per heavy atom. The van der Waals surface area contributed by atoms with Crippen molar-refractivity contribution < 1.29 is 9.53 Å². The van der Waals surface area contributed by atoms with Crippen molar-refractivity contribution in [2.75, 3.05) is 0 Å². The lowest BCUT2D eigenvalue weighted by atomic mass is 9.86. The zero-order valence-electron chi connectivity index (χ0n) is 11.4. The second-order valence-electron chi connectivity index (χ2n) is 5.15. The van der Waals surface area contributed by atoms with Gasteiger partial charge in [0.05, 0.1) is 5.92 Å². The van der Waals surface area contributed by atoms with E-state index < -0.39 is 0 Å². The van der Waals surface area contributed by atoms with E-state index in [2.05, 4.69) is 6.58 Å². The van der Waals surface area contributed by atoms with Gasteiger partial charge in [-0.05, 0) is 18.1 Å². The average Bonchev–Trinajstić information content (AvgIpc) is 2.77. The molecule has 1 aliphatic rings. The highest BCUT2D eigenvalue weighted by atomic mass is 16.6. The minimum absolute atomic E-state index is 0.105. The molecule has 0 bridgehead atoms. The fourth-order valence-electron chi connectivity index (χ4n) is 2.62. The molecule has 1 aliphatic heterocycles. The van der Waals surface area contributed by atoms with Gasteiger partial charge in [-0.3, -0.25) is 0 Å². The van der Waals surface area contributed by atoms with Crippen molar-refractivity contribution in [2.24, 2.45) is 0 Å². The third kappa shape index (κ3) is 2.14. The van der Waals surface area contributed by atoms with E-state index in [1.807, 2.05) is 61.5 Å². The smallest absolute Gasteiger partial charge is 0.334 e. The Hall–Kier alpha value is -2.35. The summed E-state index contributed by atoms with van der Waals surface area (Å²) in [6, 6.07) is 18.0. The number of carbonyl (C=O) groups excluding carboxylic acids is 1. The Kier molecular flexibility index (Phi) is 3.15. The van der Waals surface area contributed by atoms with Crippen LogP contribution in [0.2, 0.25) is 0 Å². The molecule has 3 rings (SSSR count). The second kappa shape index (κ2) is 4.97. The molecule has 0 spiro atoms. The highest BCUT2D eigenvalue weighted by Crippen LogP contribution is 2.44. The summed E-state index contributed by atoms with van der Waals surface area (Å²) >= 11 is 0. The molecule has 2 nitrogen and oxygen atoms in total. The number of ether oxygens (including phenoxy) is 1. The van der Waals surface area contributed by atoms with Crippen molar-refractivity contribution in [2.45, 2.75) is 18.9 Å². The number of hydrogen-bond donors (Lipinski definition) is 0. The average molecular weight is 264 g/mol. The lowest BCUT2D eigenvalue weighted by molar-refractivity contribution is -0.139. The molecule has 1 saturated heterocycles. The van der Waals surface area contributed by atoms with Crippen LogP contribution in [0.15, 0.2) is 66.7 Å². The molecular weight excluding hydrogens is 248 g/mol. The molecule has 2 heteroatoms. The van der Waals surface area contributed by atoms with Crippen molar-refractivity contribution in [3.8, 4) is 0 Å². The molecule has 20 heavy (non-hydrogen) atoms. The predicted octanol–water partition coefficient (Wildman–Crippen LogP) is 3.93. The van der Waals surface area contributed by atoms with Gasteiger partial charge in [0.1, 0.15) is 6.10 Å². The number of esters is 1. The molecule has 2 aromatic rings. The Morgan fingerprint density at radius 3 is 2.25 bits per heavy atom. The largest absolute Gasteiger partial charge is 0.453 e. The quantitative estimate of drug-likeness (QED) is 0.606. The van der Waals surface area contributed by atoms with Gasteiger partial charge in [-0.15, -0.1) is 0 Å². The van der Waals surface area contributed by atoms with Gasteiger partial charge in [-0.25, -0.2) is 4.79 Å². The number of carbonyl (C=O) groups is 1. The first-order chi connectivity index (χ1) is 9.66. The Morgan fingerprint density at radius 2 is 1.60 bits per heavy atom. The van der Waals surface area contributed by atoms with Gasteiger partial charge in [0.15, 0.2) is 0 Å². The molecule has 0 amide bonds. The normalized spacial score (nSPS) is 21.9. The fraction of sp³-hybridized carbons (Fsp3) is 0.167. The van der Waals surface area contributed by atoms with Gasteiger partial charge in [-0.2, -0.15) is 0 Å². The van der Waals surface area contributed by atoms with Crippen LogP contribution in [0, 0.1) is 6.92 Å². The Balaban J connectivity index is 2.02. The molecule has 0 aliphatic carbocycles. The molecule has 1 fully saturated rings. The summed E-state index contributed by atoms with van der Waals surface area (Å²) in [5, 5.41) is 0. The van der Waals surface area contributed by atoms with E-state index in [-0.39, 0.29) is 18.0 Å². The second-order valence-corrected chi connectivity index (χ2v) is 5.15. The Labute approximate surface area is 118 Å². The highest BCUT2D eigenvalue weighted by Gasteiger charge is 2.40. The van der Waals surface area contributed by atoms with Crippen molar-refractivity contribution in [3.05, 3.63) is 83.4 Å². The minimum atomic E-state index is -0.301. The SMILES string of the molecule is C=C1C(=O)OC(c2ccc(C)cc2)C1c1ccccc1. The third-order valence-electron chi connectivity index (χ3n) is 3.74. The third-order valence-corrected chi connectivity index (χ3v) is 3.74. The van der Waals surface area contributed by atoms with Crippen LogP contribution in [-0.2, 0) is 9.53 Å². The van der Waals surface area contributed by atoms with Gasteiger partial charge in [-0.1, -0.05) is 66.7 Å². The lowest BCUT2D eigenvalue weighted by Gasteiger charge is -2.18. The van der Waals surface area contributed by atoms with Crippen LogP contribution in [-0.4, -0.2) is 5.97 Å². The minimum Gasteiger partial charge on any atom is -0.453 e. The van der Waals surface area contributed by atoms with Gasteiger partial charge < -0.3 is 4.74 Å². The number of rotatable bonds is 2. The van der Waals surface area contributed by atoms with Crippen molar-refractivity contribution >= 4 is 5.97 Å². The van der Waals surface area contributed by atoms with Crippen molar-refractivity contribution in [1.29, 1.82) is 0 Å². The predicted molar refractivity (Wildman–Crippen MR) is 78.3 cm³/mol. The number of hydrogen-bond acceptors (Lipinski definition) is 2. The maximum Gasteiger partial charge on any atom is 0.334 e. The summed E-state index contributed by atoms with van der Waals surface area (Å²) in [6.07, 6.45) is -0.280. The summed E-state index contributed by atoms with van der Waals surface area (Å²) in [7, 11) is 0. The van der Waals surface area contributed by atoms with Crippen molar-refractivity contribution in [1.82, 2.24) is 0 Å². The number of benzene rings is 2. The van der Waals surface area contributed by atoms with E-state index in [4.69, 9.17) is 4.74 Å². The molecule has 100 valence electrons. The van der Waals surface area contributed by atoms with Crippen LogP contribution >= 0.6 is 0 Å². The number of cyclic esters (lactones) is 1. The fourth-order valence-corrected chi connectivity index (χ4v) is 2.62. The van der Waals surface area contributed by atoms with Gasteiger partial charge in [0, 0.05) is 5.57 Å². The topological polar surface area (TPSA) is 26.3 Å². The Bertz CT molecular complexity index is 641. The van der Waals surface area contributed by atoms with E-state index in [0.717, 1.165) is 11.1 Å². The van der Waals surface area contributed by atoms with Crippen molar-refractivity contribution in [3.63, 3.8) is 0 Å². The molecule has 0 aromatic heterocycles. The van der Waals surface area contributed by atoms with Crippen LogP contribution in [0.4, 0.5) is 0 Å². The highest BCUT2D eigenvalue weighted by molar-refractivity contribution is 5.92. The molecule has 2 atom stereocenters. The van der Waals surface area contributed by atoms with Gasteiger partial charge in [0.25, 0.3) is 0 Å². The molecule has 1 heterocycles. The van der Waals surface area contributed by atoms with Crippen LogP contribution in [0.3, 0.4) is 0 Å². The molecule has 2 aromatic carbocycles. The summed E-state index contributed by atoms with van der Waals surface area (Å²) in [4.78, 5) is 11.9. The van der Waals surface area contributed by atoms with Crippen LogP contribution in [0.5, 0.6) is 0 Å². The van der Waals surface area contributed by atoms with Gasteiger partial charge >= 0.3 is 5.97 Å². The zero-order chi connectivity index (χ0) is 14.1. The monoisotopic (exact) mass is 264 g/mol. The number of aryl methyl sites for hydroxylation is 1. The molecular formula is C18H16O2. The van der Waals surface area contributed by atoms with Crippen LogP contribution in [0.1, 0.15) is 28.7 Å². The molecule has 0 radical (unpaired) electrons. The van der Waals surface area contributed by atoms with Crippen LogP contribution < -0.4 is 0 Å². The van der Waals surface area contributed by atoms with E-state index in [1.54, 1.807) is 0 Å². The van der Waals surface area contributed by atoms with E-state index in [0.29, 0.717) is 5.57 Å². The maximum atomic E-state index is 11.9. The van der Waals surface area contributed by atoms with E-state index in [9.17, 15) is 4.79 Å². The summed E-state index contributed by atoms with van der Waals surface area (Å²) < 4.78 is 5.53. The van der Waals surface area contributed by atoms with E-state index in [1.165, 1.54) is 5.56 Å². The lowest BCUT2D eigenvalue weighted by Crippen LogP contribution is -2.07. The molecule has 2 unspecified atom stereocenters. The summed E-state index contributed by atoms with van der Waals surface area (Å²) in [5.74, 6) is -0.407. The standard InChI is InChI=1S/C18H16O2/c1-12-8-10-15(11-9-12)17-16(13(2)18(19)20-17)14-6-4-3-5-7-14/h3-11,16-17H,2H2,1H3.